The molecule has 102 valence electrons. The van der Waals surface area contributed by atoms with Gasteiger partial charge in [0.1, 0.15) is 6.10 Å². The highest BCUT2D eigenvalue weighted by Crippen LogP contribution is 2.20. The van der Waals surface area contributed by atoms with Crippen LogP contribution in [0.3, 0.4) is 0 Å². The molecule has 0 bridgehead atoms. The van der Waals surface area contributed by atoms with Gasteiger partial charge in [-0.25, -0.2) is 4.79 Å². The molecule has 0 aliphatic heterocycles. The quantitative estimate of drug-likeness (QED) is 0.779. The van der Waals surface area contributed by atoms with Crippen molar-refractivity contribution in [2.75, 3.05) is 7.11 Å². The van der Waals surface area contributed by atoms with Gasteiger partial charge in [0.15, 0.2) is 0 Å². The number of carbonyl (C=O) groups is 1. The molecule has 0 saturated heterocycles. The van der Waals surface area contributed by atoms with E-state index in [0.717, 1.165) is 11.1 Å². The van der Waals surface area contributed by atoms with E-state index in [1.54, 1.807) is 0 Å². The van der Waals surface area contributed by atoms with Gasteiger partial charge >= 0.3 is 6.16 Å². The Morgan fingerprint density at radius 1 is 1.00 bits per heavy atom. The molecule has 2 rings (SSSR count). The molecule has 0 saturated carbocycles. The zero-order valence-electron chi connectivity index (χ0n) is 11.2. The van der Waals surface area contributed by atoms with Crippen molar-refractivity contribution >= 4 is 12.2 Å². The second-order valence-corrected chi connectivity index (χ2v) is 4.17. The van der Waals surface area contributed by atoms with Gasteiger partial charge in [-0.2, -0.15) is 0 Å². The summed E-state index contributed by atoms with van der Waals surface area (Å²) in [7, 11) is 1.30. The van der Waals surface area contributed by atoms with Crippen LogP contribution in [0.4, 0.5) is 4.79 Å². The van der Waals surface area contributed by atoms with E-state index in [1.807, 2.05) is 72.8 Å². The Labute approximate surface area is 118 Å². The average Bonchev–Trinajstić information content (AvgIpc) is 2.53. The van der Waals surface area contributed by atoms with Crippen LogP contribution in [0.1, 0.15) is 17.2 Å². The molecule has 1 atom stereocenters. The summed E-state index contributed by atoms with van der Waals surface area (Å²) in [6, 6.07) is 19.4. The lowest BCUT2D eigenvalue weighted by molar-refractivity contribution is 0.0524. The first-order valence-corrected chi connectivity index (χ1v) is 6.32. The predicted molar refractivity (Wildman–Crippen MR) is 78.1 cm³/mol. The van der Waals surface area contributed by atoms with Crippen molar-refractivity contribution < 1.29 is 14.3 Å². The van der Waals surface area contributed by atoms with E-state index in [-0.39, 0.29) is 0 Å². The van der Waals surface area contributed by atoms with Crippen LogP contribution in [0.15, 0.2) is 66.7 Å². The highest BCUT2D eigenvalue weighted by molar-refractivity contribution is 5.61. The monoisotopic (exact) mass is 268 g/mol. The van der Waals surface area contributed by atoms with Crippen LogP contribution in [-0.4, -0.2) is 13.3 Å². The molecular formula is C17H16O3. The van der Waals surface area contributed by atoms with Gasteiger partial charge in [0, 0.05) is 0 Å². The normalized spacial score (nSPS) is 12.1. The number of hydrogen-bond donors (Lipinski definition) is 0. The third kappa shape index (κ3) is 3.99. The van der Waals surface area contributed by atoms with E-state index in [4.69, 9.17) is 4.74 Å². The van der Waals surface area contributed by atoms with Gasteiger partial charge in [-0.15, -0.1) is 0 Å². The van der Waals surface area contributed by atoms with Crippen LogP contribution in [0.25, 0.3) is 6.08 Å². The molecule has 0 radical (unpaired) electrons. The fourth-order valence-corrected chi connectivity index (χ4v) is 1.78. The summed E-state index contributed by atoms with van der Waals surface area (Å²) in [4.78, 5) is 11.3. The van der Waals surface area contributed by atoms with Crippen LogP contribution in [-0.2, 0) is 9.47 Å². The topological polar surface area (TPSA) is 35.5 Å². The standard InChI is InChI=1S/C17H16O3/c1-19-17(18)20-16(15-10-6-3-7-11-15)13-12-14-8-4-2-5-9-14/h2-13,16H,1H3/b13-12+/t16-/m0/s1. The number of benzene rings is 2. The maximum atomic E-state index is 11.3. The molecule has 0 unspecified atom stereocenters. The molecule has 20 heavy (non-hydrogen) atoms. The Kier molecular flexibility index (Phi) is 4.95. The van der Waals surface area contributed by atoms with Gasteiger partial charge in [0.25, 0.3) is 0 Å². The molecule has 3 heteroatoms. The zero-order valence-corrected chi connectivity index (χ0v) is 11.2. The molecule has 0 heterocycles. The zero-order chi connectivity index (χ0) is 14.2. The maximum absolute atomic E-state index is 11.3. The Bertz CT molecular complexity index is 561. The fraction of sp³-hybridized carbons (Fsp3) is 0.118. The highest BCUT2D eigenvalue weighted by Gasteiger charge is 2.13. The van der Waals surface area contributed by atoms with E-state index in [2.05, 4.69) is 4.74 Å². The summed E-state index contributed by atoms with van der Waals surface area (Å²) < 4.78 is 9.82. The van der Waals surface area contributed by atoms with Crippen LogP contribution in [0, 0.1) is 0 Å². The van der Waals surface area contributed by atoms with Crippen molar-refractivity contribution in [2.24, 2.45) is 0 Å². The van der Waals surface area contributed by atoms with Crippen LogP contribution < -0.4 is 0 Å². The first kappa shape index (κ1) is 13.9. The molecule has 2 aromatic rings. The lowest BCUT2D eigenvalue weighted by Gasteiger charge is -2.13. The average molecular weight is 268 g/mol. The second kappa shape index (κ2) is 7.14. The van der Waals surface area contributed by atoms with E-state index >= 15 is 0 Å². The van der Waals surface area contributed by atoms with Gasteiger partial charge in [0.05, 0.1) is 7.11 Å². The van der Waals surface area contributed by atoms with Gasteiger partial charge in [0.2, 0.25) is 0 Å². The first-order chi connectivity index (χ1) is 9.79. The number of methoxy groups -OCH3 is 1. The van der Waals surface area contributed by atoms with E-state index in [9.17, 15) is 4.79 Å². The molecule has 0 amide bonds. The summed E-state index contributed by atoms with van der Waals surface area (Å²) in [6.45, 7) is 0. The van der Waals surface area contributed by atoms with Gasteiger partial charge in [-0.1, -0.05) is 66.7 Å². The summed E-state index contributed by atoms with van der Waals surface area (Å²) in [5, 5.41) is 0. The summed E-state index contributed by atoms with van der Waals surface area (Å²) in [5.74, 6) is 0. The third-order valence-electron chi connectivity index (χ3n) is 2.78. The minimum Gasteiger partial charge on any atom is -0.438 e. The fourth-order valence-electron chi connectivity index (χ4n) is 1.78. The lowest BCUT2D eigenvalue weighted by Crippen LogP contribution is -2.09. The largest absolute Gasteiger partial charge is 0.508 e. The molecule has 2 aromatic carbocycles. The first-order valence-electron chi connectivity index (χ1n) is 6.32. The van der Waals surface area contributed by atoms with Crippen LogP contribution >= 0.6 is 0 Å². The molecule has 0 aromatic heterocycles. The number of hydrogen-bond acceptors (Lipinski definition) is 3. The molecule has 0 aliphatic carbocycles. The van der Waals surface area contributed by atoms with Crippen molar-refractivity contribution in [3.8, 4) is 0 Å². The van der Waals surface area contributed by atoms with Gasteiger partial charge < -0.3 is 9.47 Å². The Balaban J connectivity index is 2.19. The summed E-state index contributed by atoms with van der Waals surface area (Å²) in [6.07, 6.45) is 2.59. The predicted octanol–water partition coefficient (Wildman–Crippen LogP) is 4.22. The second-order valence-electron chi connectivity index (χ2n) is 4.17. The molecule has 3 nitrogen and oxygen atoms in total. The maximum Gasteiger partial charge on any atom is 0.508 e. The van der Waals surface area contributed by atoms with E-state index in [0.29, 0.717) is 0 Å². The molecular weight excluding hydrogens is 252 g/mol. The minimum absolute atomic E-state index is 0.469. The Hall–Kier alpha value is -2.55. The molecule has 0 aliphatic rings. The third-order valence-corrected chi connectivity index (χ3v) is 2.78. The molecule has 0 N–H and O–H groups in total. The van der Waals surface area contributed by atoms with Gasteiger partial charge in [-0.05, 0) is 17.2 Å². The molecule has 0 fully saturated rings. The van der Waals surface area contributed by atoms with E-state index < -0.39 is 12.3 Å². The minimum atomic E-state index is -0.698. The highest BCUT2D eigenvalue weighted by atomic mass is 16.7. The number of rotatable bonds is 4. The smallest absolute Gasteiger partial charge is 0.438 e. The summed E-state index contributed by atoms with van der Waals surface area (Å²) in [5.41, 5.74) is 1.94. The van der Waals surface area contributed by atoms with Crippen molar-refractivity contribution in [2.45, 2.75) is 6.10 Å². The van der Waals surface area contributed by atoms with Crippen molar-refractivity contribution in [3.05, 3.63) is 77.9 Å². The van der Waals surface area contributed by atoms with Crippen LogP contribution in [0.5, 0.6) is 0 Å². The van der Waals surface area contributed by atoms with Crippen LogP contribution in [0.2, 0.25) is 0 Å². The summed E-state index contributed by atoms with van der Waals surface area (Å²) >= 11 is 0. The van der Waals surface area contributed by atoms with Crippen molar-refractivity contribution in [1.29, 1.82) is 0 Å². The van der Waals surface area contributed by atoms with Gasteiger partial charge in [-0.3, -0.25) is 0 Å². The Morgan fingerprint density at radius 3 is 2.20 bits per heavy atom. The SMILES string of the molecule is COC(=O)O[C@@H](/C=C/c1ccccc1)c1ccccc1. The number of carbonyl (C=O) groups excluding carboxylic acids is 1. The lowest BCUT2D eigenvalue weighted by atomic mass is 10.1. The number of ether oxygens (including phenoxy) is 2. The molecule has 0 spiro atoms. The van der Waals surface area contributed by atoms with E-state index in [1.165, 1.54) is 7.11 Å². The van der Waals surface area contributed by atoms with Crippen molar-refractivity contribution in [3.63, 3.8) is 0 Å². The van der Waals surface area contributed by atoms with Crippen molar-refractivity contribution in [1.82, 2.24) is 0 Å². The Morgan fingerprint density at radius 2 is 1.60 bits per heavy atom.